The van der Waals surface area contributed by atoms with Gasteiger partial charge >= 0.3 is 0 Å². The Morgan fingerprint density at radius 1 is 1.50 bits per heavy atom. The third-order valence-electron chi connectivity index (χ3n) is 2.30. The summed E-state index contributed by atoms with van der Waals surface area (Å²) in [6.45, 7) is 7.90. The van der Waals surface area contributed by atoms with E-state index in [0.717, 1.165) is 42.2 Å². The van der Waals surface area contributed by atoms with Gasteiger partial charge in [-0.3, -0.25) is 0 Å². The molecular weight excluding hydrogens is 312 g/mol. The van der Waals surface area contributed by atoms with E-state index in [2.05, 4.69) is 33.2 Å². The Bertz CT molecular complexity index is 321. The molecule has 0 aliphatic rings. The molecule has 1 heterocycles. The molecule has 1 rings (SSSR count). The van der Waals surface area contributed by atoms with Gasteiger partial charge in [-0.25, -0.2) is 4.98 Å². The Morgan fingerprint density at radius 3 is 3.00 bits per heavy atom. The summed E-state index contributed by atoms with van der Waals surface area (Å²) in [5, 5.41) is 5.03. The first-order chi connectivity index (χ1) is 8.72. The number of halogens is 1. The largest absolute Gasteiger partial charge is 0.382 e. The fraction of sp³-hybridized carbons (Fsp3) is 0.615. The lowest BCUT2D eigenvalue weighted by Crippen LogP contribution is -2.24. The summed E-state index contributed by atoms with van der Waals surface area (Å²) in [5.41, 5.74) is 0. The molecule has 0 saturated heterocycles. The van der Waals surface area contributed by atoms with Crippen LogP contribution in [0.4, 0.5) is 0 Å². The highest BCUT2D eigenvalue weighted by Crippen LogP contribution is 2.21. The standard InChI is InChI=1S/C13H21BrN2OS/c1-3-17-8-4-7-15-9-11(2)18-13-6-5-12(14)10-16-13/h5-6,10-11,15H,3-4,7-9H2,1-2H3. The van der Waals surface area contributed by atoms with Crippen molar-refractivity contribution in [3.8, 4) is 0 Å². The molecule has 0 aliphatic carbocycles. The first kappa shape index (κ1) is 16.0. The van der Waals surface area contributed by atoms with Crippen molar-refractivity contribution < 1.29 is 4.74 Å². The molecule has 0 amide bonds. The Balaban J connectivity index is 2.10. The molecule has 18 heavy (non-hydrogen) atoms. The predicted octanol–water partition coefficient (Wildman–Crippen LogP) is 3.34. The van der Waals surface area contributed by atoms with E-state index < -0.39 is 0 Å². The van der Waals surface area contributed by atoms with Crippen LogP contribution >= 0.6 is 27.7 Å². The van der Waals surface area contributed by atoms with Crippen molar-refractivity contribution in [3.05, 3.63) is 22.8 Å². The molecular formula is C13H21BrN2OS. The van der Waals surface area contributed by atoms with Crippen LogP contribution in [-0.4, -0.2) is 36.5 Å². The average Bonchev–Trinajstić information content (AvgIpc) is 2.36. The first-order valence-electron chi connectivity index (χ1n) is 6.29. The third kappa shape index (κ3) is 7.36. The van der Waals surface area contributed by atoms with E-state index in [1.54, 1.807) is 11.8 Å². The zero-order valence-corrected chi connectivity index (χ0v) is 13.4. The molecule has 0 spiro atoms. The zero-order chi connectivity index (χ0) is 13.2. The van der Waals surface area contributed by atoms with E-state index in [-0.39, 0.29) is 0 Å². The minimum Gasteiger partial charge on any atom is -0.382 e. The van der Waals surface area contributed by atoms with Crippen LogP contribution in [0.15, 0.2) is 27.8 Å². The van der Waals surface area contributed by atoms with Crippen molar-refractivity contribution in [3.63, 3.8) is 0 Å². The summed E-state index contributed by atoms with van der Waals surface area (Å²) in [6.07, 6.45) is 2.91. The summed E-state index contributed by atoms with van der Waals surface area (Å²) in [6, 6.07) is 4.07. The van der Waals surface area contributed by atoms with Crippen molar-refractivity contribution in [2.45, 2.75) is 30.5 Å². The molecule has 0 fully saturated rings. The van der Waals surface area contributed by atoms with Crippen LogP contribution < -0.4 is 5.32 Å². The molecule has 1 aromatic heterocycles. The van der Waals surface area contributed by atoms with E-state index in [4.69, 9.17) is 4.74 Å². The highest BCUT2D eigenvalue weighted by molar-refractivity contribution is 9.10. The molecule has 0 radical (unpaired) electrons. The number of ether oxygens (including phenoxy) is 1. The molecule has 1 aromatic rings. The van der Waals surface area contributed by atoms with Crippen LogP contribution in [0.25, 0.3) is 0 Å². The first-order valence-corrected chi connectivity index (χ1v) is 7.96. The molecule has 3 nitrogen and oxygen atoms in total. The second-order valence-corrected chi connectivity index (χ2v) is 6.37. The van der Waals surface area contributed by atoms with Gasteiger partial charge in [0.25, 0.3) is 0 Å². The maximum atomic E-state index is 5.29. The number of nitrogens with zero attached hydrogens (tertiary/aromatic N) is 1. The summed E-state index contributed by atoms with van der Waals surface area (Å²) in [5.74, 6) is 0. The van der Waals surface area contributed by atoms with Crippen LogP contribution in [0.1, 0.15) is 20.3 Å². The number of rotatable bonds is 9. The summed E-state index contributed by atoms with van der Waals surface area (Å²) in [4.78, 5) is 4.36. The normalized spacial score (nSPS) is 12.6. The Morgan fingerprint density at radius 2 is 2.33 bits per heavy atom. The highest BCUT2D eigenvalue weighted by Gasteiger charge is 2.04. The SMILES string of the molecule is CCOCCCNCC(C)Sc1ccc(Br)cn1. The maximum absolute atomic E-state index is 5.29. The Kier molecular flexibility index (Phi) is 8.67. The number of aromatic nitrogens is 1. The second kappa shape index (κ2) is 9.78. The molecule has 0 aromatic carbocycles. The summed E-state index contributed by atoms with van der Waals surface area (Å²) < 4.78 is 6.31. The van der Waals surface area contributed by atoms with Gasteiger partial charge in [0.2, 0.25) is 0 Å². The van der Waals surface area contributed by atoms with E-state index in [0.29, 0.717) is 5.25 Å². The quantitative estimate of drug-likeness (QED) is 0.555. The fourth-order valence-electron chi connectivity index (χ4n) is 1.43. The van der Waals surface area contributed by atoms with Crippen molar-refractivity contribution >= 4 is 27.7 Å². The number of nitrogens with one attached hydrogen (secondary N) is 1. The zero-order valence-electron chi connectivity index (χ0n) is 11.0. The van der Waals surface area contributed by atoms with E-state index in [9.17, 15) is 0 Å². The molecule has 1 atom stereocenters. The Hall–Kier alpha value is -0.100. The number of hydrogen-bond donors (Lipinski definition) is 1. The van der Waals surface area contributed by atoms with Crippen molar-refractivity contribution in [1.29, 1.82) is 0 Å². The highest BCUT2D eigenvalue weighted by atomic mass is 79.9. The van der Waals surface area contributed by atoms with Crippen LogP contribution in [0, 0.1) is 0 Å². The van der Waals surface area contributed by atoms with E-state index in [1.165, 1.54) is 0 Å². The third-order valence-corrected chi connectivity index (χ3v) is 3.82. The van der Waals surface area contributed by atoms with Crippen LogP contribution in [0.3, 0.4) is 0 Å². The fourth-order valence-corrected chi connectivity index (χ4v) is 2.54. The van der Waals surface area contributed by atoms with Gasteiger partial charge in [0.05, 0.1) is 5.03 Å². The molecule has 0 saturated carbocycles. The number of thioether (sulfide) groups is 1. The molecule has 0 bridgehead atoms. The minimum absolute atomic E-state index is 0.519. The lowest BCUT2D eigenvalue weighted by atomic mass is 10.4. The number of pyridine rings is 1. The van der Waals surface area contributed by atoms with Gasteiger partial charge in [-0.2, -0.15) is 0 Å². The second-order valence-electron chi connectivity index (χ2n) is 4.00. The minimum atomic E-state index is 0.519. The monoisotopic (exact) mass is 332 g/mol. The van der Waals surface area contributed by atoms with Gasteiger partial charge in [-0.1, -0.05) is 6.92 Å². The average molecular weight is 333 g/mol. The van der Waals surface area contributed by atoms with Gasteiger partial charge in [-0.15, -0.1) is 11.8 Å². The lowest BCUT2D eigenvalue weighted by molar-refractivity contribution is 0.145. The topological polar surface area (TPSA) is 34.1 Å². The summed E-state index contributed by atoms with van der Waals surface area (Å²) in [7, 11) is 0. The van der Waals surface area contributed by atoms with Gasteiger partial charge in [0.15, 0.2) is 0 Å². The lowest BCUT2D eigenvalue weighted by Gasteiger charge is -2.11. The van der Waals surface area contributed by atoms with Crippen molar-refractivity contribution in [2.24, 2.45) is 0 Å². The molecule has 1 N–H and O–H groups in total. The predicted molar refractivity (Wildman–Crippen MR) is 81.2 cm³/mol. The van der Waals surface area contributed by atoms with E-state index in [1.807, 2.05) is 25.3 Å². The Labute approximate surface area is 122 Å². The van der Waals surface area contributed by atoms with Gasteiger partial charge < -0.3 is 10.1 Å². The molecule has 1 unspecified atom stereocenters. The van der Waals surface area contributed by atoms with Crippen LogP contribution in [0.2, 0.25) is 0 Å². The van der Waals surface area contributed by atoms with Crippen LogP contribution in [0.5, 0.6) is 0 Å². The maximum Gasteiger partial charge on any atom is 0.0963 e. The molecule has 102 valence electrons. The molecule has 5 heteroatoms. The van der Waals surface area contributed by atoms with Gasteiger partial charge in [0, 0.05) is 35.7 Å². The number of hydrogen-bond acceptors (Lipinski definition) is 4. The van der Waals surface area contributed by atoms with Crippen molar-refractivity contribution in [1.82, 2.24) is 10.3 Å². The van der Waals surface area contributed by atoms with Crippen molar-refractivity contribution in [2.75, 3.05) is 26.3 Å². The van der Waals surface area contributed by atoms with E-state index >= 15 is 0 Å². The smallest absolute Gasteiger partial charge is 0.0963 e. The van der Waals surface area contributed by atoms with Gasteiger partial charge in [0.1, 0.15) is 0 Å². The molecule has 0 aliphatic heterocycles. The summed E-state index contributed by atoms with van der Waals surface area (Å²) >= 11 is 5.18. The van der Waals surface area contributed by atoms with Crippen LogP contribution in [-0.2, 0) is 4.74 Å². The van der Waals surface area contributed by atoms with Gasteiger partial charge in [-0.05, 0) is 48.0 Å².